The van der Waals surface area contributed by atoms with E-state index in [0.29, 0.717) is 5.56 Å². The molecule has 246 valence electrons. The average molecular weight is 673 g/mol. The Bertz CT molecular complexity index is 2960. The van der Waals surface area contributed by atoms with Crippen molar-refractivity contribution >= 4 is 43.4 Å². The lowest BCUT2D eigenvalue weighted by Crippen LogP contribution is -1.95. The lowest BCUT2D eigenvalue weighted by atomic mass is 9.83. The van der Waals surface area contributed by atoms with Gasteiger partial charge >= 0.3 is 0 Å². The Labute approximate surface area is 308 Å². The minimum atomic E-state index is 0.644. The molecule has 0 bridgehead atoms. The number of benzene rings is 9. The number of hydrogen-bond donors (Lipinski definition) is 0. The summed E-state index contributed by atoms with van der Waals surface area (Å²) in [5, 5.41) is 17.9. The first-order chi connectivity index (χ1) is 26.3. The molecular formula is C51H32N2. The summed E-state index contributed by atoms with van der Waals surface area (Å²) in [6.07, 6.45) is 0. The quantitative estimate of drug-likeness (QED) is 0.167. The van der Waals surface area contributed by atoms with Crippen LogP contribution in [0.3, 0.4) is 0 Å². The molecule has 0 unspecified atom stereocenters. The fourth-order valence-electron chi connectivity index (χ4n) is 8.36. The first kappa shape index (κ1) is 30.6. The standard InChI is InChI=1S/C51H32N2/c52-33-37-31-36(29-30-39(37)35-17-14-18-38(32-35)53-48-27-12-10-20-41(48)42-21-11-13-28-49(42)53)40-19-4-5-22-43(40)51-46-25-8-6-23-44(46)50(34-15-2-1-3-16-34)45-24-7-9-26-47(45)51/h1-32H. The van der Waals surface area contributed by atoms with Crippen LogP contribution in [0.1, 0.15) is 5.56 Å². The van der Waals surface area contributed by atoms with E-state index < -0.39 is 0 Å². The van der Waals surface area contributed by atoms with Gasteiger partial charge in [0.05, 0.1) is 22.7 Å². The van der Waals surface area contributed by atoms with Crippen molar-refractivity contribution in [2.24, 2.45) is 0 Å². The summed E-state index contributed by atoms with van der Waals surface area (Å²) in [6.45, 7) is 0. The summed E-state index contributed by atoms with van der Waals surface area (Å²) in [5.74, 6) is 0. The highest BCUT2D eigenvalue weighted by molar-refractivity contribution is 6.22. The maximum atomic E-state index is 10.6. The average Bonchev–Trinajstić information content (AvgIpc) is 3.57. The molecular weight excluding hydrogens is 641 g/mol. The van der Waals surface area contributed by atoms with Crippen LogP contribution in [0.25, 0.3) is 93.5 Å². The van der Waals surface area contributed by atoms with Gasteiger partial charge in [-0.3, -0.25) is 0 Å². The van der Waals surface area contributed by atoms with E-state index in [1.807, 2.05) is 0 Å². The van der Waals surface area contributed by atoms with E-state index in [0.717, 1.165) is 44.5 Å². The Morgan fingerprint density at radius 2 is 0.830 bits per heavy atom. The van der Waals surface area contributed by atoms with Crippen molar-refractivity contribution in [1.29, 1.82) is 5.26 Å². The van der Waals surface area contributed by atoms with Gasteiger partial charge in [0.2, 0.25) is 0 Å². The van der Waals surface area contributed by atoms with E-state index in [1.165, 1.54) is 49.0 Å². The van der Waals surface area contributed by atoms with Gasteiger partial charge < -0.3 is 4.57 Å². The monoisotopic (exact) mass is 672 g/mol. The summed E-state index contributed by atoms with van der Waals surface area (Å²) in [6, 6.07) is 71.4. The number of para-hydroxylation sites is 2. The van der Waals surface area contributed by atoms with E-state index in [-0.39, 0.29) is 0 Å². The molecule has 0 fully saturated rings. The number of fused-ring (bicyclic) bond motifs is 5. The molecule has 9 aromatic carbocycles. The van der Waals surface area contributed by atoms with Crippen LogP contribution >= 0.6 is 0 Å². The van der Waals surface area contributed by atoms with Crippen LogP contribution in [-0.4, -0.2) is 4.57 Å². The lowest BCUT2D eigenvalue weighted by Gasteiger charge is -2.20. The molecule has 0 saturated heterocycles. The van der Waals surface area contributed by atoms with Crippen LogP contribution < -0.4 is 0 Å². The molecule has 0 spiro atoms. The number of nitriles is 1. The molecule has 0 aliphatic rings. The minimum Gasteiger partial charge on any atom is -0.309 e. The maximum Gasteiger partial charge on any atom is 0.0998 e. The third kappa shape index (κ3) is 4.94. The number of aromatic nitrogens is 1. The molecule has 53 heavy (non-hydrogen) atoms. The van der Waals surface area contributed by atoms with Gasteiger partial charge in [0.1, 0.15) is 0 Å². The van der Waals surface area contributed by atoms with Gasteiger partial charge in [0, 0.05) is 16.5 Å². The largest absolute Gasteiger partial charge is 0.309 e. The second kappa shape index (κ2) is 12.5. The van der Waals surface area contributed by atoms with Crippen LogP contribution in [0, 0.1) is 11.3 Å². The second-order valence-corrected chi connectivity index (χ2v) is 13.5. The molecule has 2 heteroatoms. The predicted octanol–water partition coefficient (Wildman–Crippen LogP) is 13.6. The van der Waals surface area contributed by atoms with Crippen LogP contribution in [-0.2, 0) is 0 Å². The normalized spacial score (nSPS) is 11.4. The van der Waals surface area contributed by atoms with Gasteiger partial charge in [-0.15, -0.1) is 0 Å². The first-order valence-corrected chi connectivity index (χ1v) is 18.0. The van der Waals surface area contributed by atoms with Crippen LogP contribution in [0.5, 0.6) is 0 Å². The summed E-state index contributed by atoms with van der Waals surface area (Å²) >= 11 is 0. The van der Waals surface area contributed by atoms with Crippen molar-refractivity contribution in [3.05, 3.63) is 200 Å². The predicted molar refractivity (Wildman–Crippen MR) is 222 cm³/mol. The smallest absolute Gasteiger partial charge is 0.0998 e. The molecule has 0 radical (unpaired) electrons. The minimum absolute atomic E-state index is 0.644. The van der Waals surface area contributed by atoms with E-state index in [9.17, 15) is 5.26 Å². The molecule has 0 saturated carbocycles. The zero-order valence-corrected chi connectivity index (χ0v) is 28.9. The van der Waals surface area contributed by atoms with Gasteiger partial charge in [-0.1, -0.05) is 164 Å². The number of hydrogen-bond acceptors (Lipinski definition) is 1. The molecule has 1 aromatic heterocycles. The van der Waals surface area contributed by atoms with E-state index in [2.05, 4.69) is 205 Å². The summed E-state index contributed by atoms with van der Waals surface area (Å²) in [4.78, 5) is 0. The molecule has 10 aromatic rings. The molecule has 1 heterocycles. The van der Waals surface area contributed by atoms with Crippen molar-refractivity contribution in [2.45, 2.75) is 0 Å². The highest BCUT2D eigenvalue weighted by atomic mass is 15.0. The Kier molecular flexibility index (Phi) is 7.23. The van der Waals surface area contributed by atoms with Gasteiger partial charge in [0.25, 0.3) is 0 Å². The summed E-state index contributed by atoms with van der Waals surface area (Å²) in [7, 11) is 0. The molecule has 0 aliphatic heterocycles. The zero-order valence-electron chi connectivity index (χ0n) is 28.9. The summed E-state index contributed by atoms with van der Waals surface area (Å²) < 4.78 is 2.32. The van der Waals surface area contributed by atoms with Crippen molar-refractivity contribution in [1.82, 2.24) is 4.57 Å². The highest BCUT2D eigenvalue weighted by Gasteiger charge is 2.20. The van der Waals surface area contributed by atoms with E-state index in [1.54, 1.807) is 0 Å². The fraction of sp³-hybridized carbons (Fsp3) is 0. The molecule has 10 rings (SSSR count). The molecule has 0 N–H and O–H groups in total. The van der Waals surface area contributed by atoms with Gasteiger partial charge in [-0.05, 0) is 96.4 Å². The van der Waals surface area contributed by atoms with Crippen molar-refractivity contribution in [3.8, 4) is 56.3 Å². The maximum absolute atomic E-state index is 10.6. The van der Waals surface area contributed by atoms with Crippen molar-refractivity contribution in [2.75, 3.05) is 0 Å². The molecule has 0 atom stereocenters. The first-order valence-electron chi connectivity index (χ1n) is 18.0. The third-order valence-corrected chi connectivity index (χ3v) is 10.6. The van der Waals surface area contributed by atoms with E-state index >= 15 is 0 Å². The Balaban J connectivity index is 1.13. The topological polar surface area (TPSA) is 28.7 Å². The molecule has 2 nitrogen and oxygen atoms in total. The second-order valence-electron chi connectivity index (χ2n) is 13.5. The Morgan fingerprint density at radius 1 is 0.340 bits per heavy atom. The Morgan fingerprint density at radius 3 is 1.45 bits per heavy atom. The third-order valence-electron chi connectivity index (χ3n) is 10.6. The van der Waals surface area contributed by atoms with Crippen LogP contribution in [0.4, 0.5) is 0 Å². The fourth-order valence-corrected chi connectivity index (χ4v) is 8.36. The van der Waals surface area contributed by atoms with Gasteiger partial charge in [-0.25, -0.2) is 0 Å². The molecule has 0 amide bonds. The van der Waals surface area contributed by atoms with Crippen molar-refractivity contribution in [3.63, 3.8) is 0 Å². The SMILES string of the molecule is N#Cc1cc(-c2ccccc2-c2c3ccccc3c(-c3ccccc3)c3ccccc23)ccc1-c1cccc(-n2c3ccccc3c3ccccc32)c1. The molecule has 0 aliphatic carbocycles. The summed E-state index contributed by atoms with van der Waals surface area (Å²) in [5.41, 5.74) is 12.9. The van der Waals surface area contributed by atoms with Gasteiger partial charge in [-0.2, -0.15) is 5.26 Å². The van der Waals surface area contributed by atoms with Gasteiger partial charge in [0.15, 0.2) is 0 Å². The van der Waals surface area contributed by atoms with E-state index in [4.69, 9.17) is 0 Å². The van der Waals surface area contributed by atoms with Crippen molar-refractivity contribution < 1.29 is 0 Å². The van der Waals surface area contributed by atoms with Crippen LogP contribution in [0.15, 0.2) is 194 Å². The Hall–Kier alpha value is -7.21. The zero-order chi connectivity index (χ0) is 35.3. The highest BCUT2D eigenvalue weighted by Crippen LogP contribution is 2.46. The number of nitrogens with zero attached hydrogens (tertiary/aromatic N) is 2. The number of rotatable bonds is 5. The van der Waals surface area contributed by atoms with Crippen LogP contribution in [0.2, 0.25) is 0 Å². The lowest BCUT2D eigenvalue weighted by molar-refractivity contribution is 1.18.